The van der Waals surface area contributed by atoms with E-state index in [0.29, 0.717) is 25.2 Å². The molecular weight excluding hydrogens is 436 g/mol. The van der Waals surface area contributed by atoms with Gasteiger partial charge in [-0.1, -0.05) is 67.1 Å². The number of methoxy groups -OCH3 is 1. The molecular formula is C30H38N2O3. The Hall–Kier alpha value is -2.50. The first-order valence-corrected chi connectivity index (χ1v) is 13.1. The summed E-state index contributed by atoms with van der Waals surface area (Å²) in [5.74, 6) is 0.538. The summed E-state index contributed by atoms with van der Waals surface area (Å²) in [4.78, 5) is 20.6. The lowest BCUT2D eigenvalue weighted by Gasteiger charge is -2.46. The number of ether oxygens (including phenoxy) is 2. The van der Waals surface area contributed by atoms with Crippen LogP contribution in [0.5, 0.6) is 0 Å². The molecule has 5 nitrogen and oxygen atoms in total. The molecule has 1 heterocycles. The molecule has 0 radical (unpaired) electrons. The van der Waals surface area contributed by atoms with Gasteiger partial charge in [0.15, 0.2) is 0 Å². The molecule has 2 atom stereocenters. The van der Waals surface area contributed by atoms with Crippen molar-refractivity contribution < 1.29 is 14.3 Å². The number of rotatable bonds is 10. The Balaban J connectivity index is 1.14. The van der Waals surface area contributed by atoms with Crippen LogP contribution in [0.1, 0.15) is 55.6 Å². The zero-order valence-corrected chi connectivity index (χ0v) is 20.9. The summed E-state index contributed by atoms with van der Waals surface area (Å²) in [6.07, 6.45) is 8.37. The second-order valence-corrected chi connectivity index (χ2v) is 10.9. The van der Waals surface area contributed by atoms with Crippen molar-refractivity contribution in [3.63, 3.8) is 0 Å². The SMILES string of the molecule is COCC1(C=N[C@@H]2CC2c2ccccc2)CCN(CC2(C(=O)OCc3ccccc3)CCC2)CC1. The molecule has 1 aliphatic heterocycles. The Morgan fingerprint density at radius 3 is 2.34 bits per heavy atom. The lowest BCUT2D eigenvalue weighted by Crippen LogP contribution is -2.52. The molecule has 2 aromatic rings. The van der Waals surface area contributed by atoms with E-state index in [1.54, 1.807) is 7.11 Å². The van der Waals surface area contributed by atoms with E-state index >= 15 is 0 Å². The minimum atomic E-state index is -0.332. The van der Waals surface area contributed by atoms with Crippen LogP contribution in [0.2, 0.25) is 0 Å². The fraction of sp³-hybridized carbons (Fsp3) is 0.533. The van der Waals surface area contributed by atoms with Crippen molar-refractivity contribution in [1.29, 1.82) is 0 Å². The van der Waals surface area contributed by atoms with E-state index in [4.69, 9.17) is 14.5 Å². The number of hydrogen-bond acceptors (Lipinski definition) is 5. The number of nitrogens with zero attached hydrogens (tertiary/aromatic N) is 2. The average molecular weight is 475 g/mol. The maximum Gasteiger partial charge on any atom is 0.313 e. The molecule has 0 amide bonds. The average Bonchev–Trinajstić information content (AvgIpc) is 3.66. The number of hydrogen-bond donors (Lipinski definition) is 0. The van der Waals surface area contributed by atoms with Gasteiger partial charge >= 0.3 is 5.97 Å². The van der Waals surface area contributed by atoms with Crippen molar-refractivity contribution in [3.05, 3.63) is 71.8 Å². The lowest BCUT2D eigenvalue weighted by atomic mass is 9.68. The van der Waals surface area contributed by atoms with E-state index in [0.717, 1.165) is 63.7 Å². The first-order chi connectivity index (χ1) is 17.1. The molecule has 0 spiro atoms. The van der Waals surface area contributed by atoms with Gasteiger partial charge in [-0.25, -0.2) is 0 Å². The van der Waals surface area contributed by atoms with Gasteiger partial charge in [0.1, 0.15) is 6.61 Å². The minimum Gasteiger partial charge on any atom is -0.460 e. The fourth-order valence-corrected chi connectivity index (χ4v) is 5.75. The number of benzene rings is 2. The summed E-state index contributed by atoms with van der Waals surface area (Å²) < 4.78 is 11.4. The van der Waals surface area contributed by atoms with E-state index in [2.05, 4.69) is 41.4 Å². The van der Waals surface area contributed by atoms with E-state index in [-0.39, 0.29) is 16.8 Å². The zero-order chi connectivity index (χ0) is 24.1. The van der Waals surface area contributed by atoms with Crippen LogP contribution in [0.4, 0.5) is 0 Å². The van der Waals surface area contributed by atoms with E-state index < -0.39 is 0 Å². The third-order valence-electron chi connectivity index (χ3n) is 8.29. The molecule has 0 aromatic heterocycles. The predicted molar refractivity (Wildman–Crippen MR) is 139 cm³/mol. The molecule has 1 unspecified atom stereocenters. The maximum atomic E-state index is 13.1. The van der Waals surface area contributed by atoms with Crippen molar-refractivity contribution in [3.8, 4) is 0 Å². The molecule has 186 valence electrons. The second kappa shape index (κ2) is 10.6. The van der Waals surface area contributed by atoms with Crippen molar-refractivity contribution >= 4 is 12.2 Å². The molecule has 1 saturated heterocycles. The smallest absolute Gasteiger partial charge is 0.313 e. The Kier molecular flexibility index (Phi) is 7.35. The Morgan fingerprint density at radius 2 is 1.71 bits per heavy atom. The van der Waals surface area contributed by atoms with Crippen molar-refractivity contribution in [2.24, 2.45) is 15.8 Å². The lowest BCUT2D eigenvalue weighted by molar-refractivity contribution is -0.165. The molecule has 2 aromatic carbocycles. The minimum absolute atomic E-state index is 0.00429. The number of carbonyl (C=O) groups is 1. The van der Waals surface area contributed by atoms with Crippen molar-refractivity contribution in [2.45, 2.75) is 57.1 Å². The molecule has 35 heavy (non-hydrogen) atoms. The van der Waals surface area contributed by atoms with Crippen molar-refractivity contribution in [2.75, 3.05) is 33.4 Å². The van der Waals surface area contributed by atoms with Crippen LogP contribution in [-0.2, 0) is 20.9 Å². The molecule has 3 fully saturated rings. The van der Waals surface area contributed by atoms with Gasteiger partial charge in [-0.2, -0.15) is 0 Å². The number of esters is 1. The molecule has 3 aliphatic rings. The van der Waals surface area contributed by atoms with Gasteiger partial charge in [0.2, 0.25) is 0 Å². The second-order valence-electron chi connectivity index (χ2n) is 10.9. The number of likely N-dealkylation sites (tertiary alicyclic amines) is 1. The van der Waals surface area contributed by atoms with Crippen LogP contribution in [0, 0.1) is 10.8 Å². The largest absolute Gasteiger partial charge is 0.460 e. The topological polar surface area (TPSA) is 51.1 Å². The summed E-state index contributed by atoms with van der Waals surface area (Å²) in [6.45, 7) is 3.81. The van der Waals surface area contributed by atoms with Gasteiger partial charge < -0.3 is 14.4 Å². The highest BCUT2D eigenvalue weighted by Crippen LogP contribution is 2.45. The van der Waals surface area contributed by atoms with Crippen LogP contribution >= 0.6 is 0 Å². The standard InChI is InChI=1S/C30H38N2O3/c1-34-23-29(21-31-27-19-26(27)25-11-6-3-7-12-25)15-17-32(18-16-29)22-30(13-8-14-30)28(33)35-20-24-9-4-2-5-10-24/h2-7,9-12,21,26-27H,8,13-20,22-23H2,1H3/t26?,27-/m1/s1. The van der Waals surface area contributed by atoms with Gasteiger partial charge in [0, 0.05) is 31.2 Å². The number of aliphatic imine (C=N–C) groups is 1. The number of carbonyl (C=O) groups excluding carboxylic acids is 1. The van der Waals surface area contributed by atoms with Crippen LogP contribution in [-0.4, -0.2) is 56.5 Å². The van der Waals surface area contributed by atoms with Crippen LogP contribution < -0.4 is 0 Å². The molecule has 0 N–H and O–H groups in total. The first kappa shape index (κ1) is 24.2. The summed E-state index contributed by atoms with van der Waals surface area (Å²) in [5, 5.41) is 0. The summed E-state index contributed by atoms with van der Waals surface area (Å²) in [6, 6.07) is 21.1. The van der Waals surface area contributed by atoms with Gasteiger partial charge in [-0.15, -0.1) is 0 Å². The van der Waals surface area contributed by atoms with Gasteiger partial charge in [0.05, 0.1) is 18.1 Å². The van der Waals surface area contributed by atoms with Gasteiger partial charge in [0.25, 0.3) is 0 Å². The number of piperidine rings is 1. The van der Waals surface area contributed by atoms with Crippen molar-refractivity contribution in [1.82, 2.24) is 4.90 Å². The molecule has 5 heteroatoms. The highest BCUT2D eigenvalue weighted by atomic mass is 16.5. The van der Waals surface area contributed by atoms with E-state index in [9.17, 15) is 4.79 Å². The van der Waals surface area contributed by atoms with E-state index in [1.807, 2.05) is 30.3 Å². The highest BCUT2D eigenvalue weighted by Gasteiger charge is 2.48. The Labute approximate surface area is 209 Å². The molecule has 2 aliphatic carbocycles. The zero-order valence-electron chi connectivity index (χ0n) is 20.9. The van der Waals surface area contributed by atoms with Crippen LogP contribution in [0.25, 0.3) is 0 Å². The van der Waals surface area contributed by atoms with Crippen LogP contribution in [0.3, 0.4) is 0 Å². The summed E-state index contributed by atoms with van der Waals surface area (Å²) >= 11 is 0. The molecule has 0 bridgehead atoms. The molecule has 5 rings (SSSR count). The predicted octanol–water partition coefficient (Wildman–Crippen LogP) is 5.26. The third kappa shape index (κ3) is 5.68. The van der Waals surface area contributed by atoms with E-state index in [1.165, 1.54) is 5.56 Å². The normalized spacial score (nSPS) is 25.2. The fourth-order valence-electron chi connectivity index (χ4n) is 5.75. The third-order valence-corrected chi connectivity index (χ3v) is 8.29. The summed E-state index contributed by atoms with van der Waals surface area (Å²) in [7, 11) is 1.79. The van der Waals surface area contributed by atoms with Gasteiger partial charge in [-0.3, -0.25) is 9.79 Å². The first-order valence-electron chi connectivity index (χ1n) is 13.1. The Morgan fingerprint density at radius 1 is 1.03 bits per heavy atom. The van der Waals surface area contributed by atoms with Crippen LogP contribution in [0.15, 0.2) is 65.7 Å². The quantitative estimate of drug-likeness (QED) is 0.348. The summed E-state index contributed by atoms with van der Waals surface area (Å²) in [5.41, 5.74) is 2.11. The maximum absolute atomic E-state index is 13.1. The Bertz CT molecular complexity index is 995. The van der Waals surface area contributed by atoms with Gasteiger partial charge in [-0.05, 0) is 56.3 Å². The highest BCUT2D eigenvalue weighted by molar-refractivity contribution is 5.78. The monoisotopic (exact) mass is 474 g/mol. The molecule has 2 saturated carbocycles.